The number of hydrogen-bond donors (Lipinski definition) is 1. The fourth-order valence-electron chi connectivity index (χ4n) is 3.14. The predicted molar refractivity (Wildman–Crippen MR) is 87.0 cm³/mol. The molecular weight excluding hydrogens is 258 g/mol. The molecule has 1 fully saturated rings. The van der Waals surface area contributed by atoms with Gasteiger partial charge in [-0.1, -0.05) is 31.4 Å². The average Bonchev–Trinajstić information content (AvgIpc) is 2.55. The van der Waals surface area contributed by atoms with Crippen LogP contribution in [0, 0.1) is 11.3 Å². The van der Waals surface area contributed by atoms with Crippen LogP contribution in [0.3, 0.4) is 0 Å². The second-order valence-electron chi connectivity index (χ2n) is 6.11. The van der Waals surface area contributed by atoms with E-state index >= 15 is 0 Å². The quantitative estimate of drug-likeness (QED) is 0.781. The van der Waals surface area contributed by atoms with E-state index in [1.807, 2.05) is 18.2 Å². The van der Waals surface area contributed by atoms with Gasteiger partial charge in [-0.05, 0) is 57.1 Å². The summed E-state index contributed by atoms with van der Waals surface area (Å²) in [5, 5.41) is 12.4. The summed E-state index contributed by atoms with van der Waals surface area (Å²) in [6.07, 6.45) is 8.18. The van der Waals surface area contributed by atoms with Crippen molar-refractivity contribution in [1.82, 2.24) is 10.2 Å². The van der Waals surface area contributed by atoms with Crippen molar-refractivity contribution < 1.29 is 0 Å². The Hall–Kier alpha value is -1.37. The maximum Gasteiger partial charge on any atom is 0.0991 e. The lowest BCUT2D eigenvalue weighted by Crippen LogP contribution is -2.35. The lowest BCUT2D eigenvalue weighted by Gasteiger charge is -2.31. The van der Waals surface area contributed by atoms with Gasteiger partial charge in [0.1, 0.15) is 0 Å². The summed E-state index contributed by atoms with van der Waals surface area (Å²) < 4.78 is 0. The maximum atomic E-state index is 8.88. The van der Waals surface area contributed by atoms with Crippen LogP contribution in [-0.2, 0) is 6.54 Å². The van der Waals surface area contributed by atoms with Crippen LogP contribution in [0.2, 0.25) is 0 Å². The topological polar surface area (TPSA) is 39.1 Å². The SMILES string of the molecule is CN(CCCNCc1cccc(C#N)c1)C1CCCCC1. The van der Waals surface area contributed by atoms with Gasteiger partial charge in [-0.15, -0.1) is 0 Å². The number of hydrogen-bond acceptors (Lipinski definition) is 3. The van der Waals surface area contributed by atoms with Crippen LogP contribution in [-0.4, -0.2) is 31.1 Å². The average molecular weight is 285 g/mol. The van der Waals surface area contributed by atoms with E-state index in [9.17, 15) is 0 Å². The zero-order valence-corrected chi connectivity index (χ0v) is 13.1. The van der Waals surface area contributed by atoms with Gasteiger partial charge in [0.2, 0.25) is 0 Å². The van der Waals surface area contributed by atoms with E-state index in [1.54, 1.807) is 0 Å². The highest BCUT2D eigenvalue weighted by molar-refractivity contribution is 5.32. The van der Waals surface area contributed by atoms with Gasteiger partial charge in [-0.3, -0.25) is 0 Å². The highest BCUT2D eigenvalue weighted by atomic mass is 15.1. The minimum absolute atomic E-state index is 0.742. The highest BCUT2D eigenvalue weighted by Gasteiger charge is 2.16. The summed E-state index contributed by atoms with van der Waals surface area (Å²) in [5.74, 6) is 0. The van der Waals surface area contributed by atoms with E-state index in [0.29, 0.717) is 0 Å². The third kappa shape index (κ3) is 5.49. The first-order chi connectivity index (χ1) is 10.3. The summed E-state index contributed by atoms with van der Waals surface area (Å²) in [4.78, 5) is 2.54. The molecule has 1 aromatic rings. The summed E-state index contributed by atoms with van der Waals surface area (Å²) in [6, 6.07) is 10.8. The Morgan fingerprint density at radius 3 is 2.86 bits per heavy atom. The molecule has 0 atom stereocenters. The van der Waals surface area contributed by atoms with E-state index < -0.39 is 0 Å². The largest absolute Gasteiger partial charge is 0.313 e. The lowest BCUT2D eigenvalue weighted by molar-refractivity contribution is 0.189. The molecule has 0 heterocycles. The Morgan fingerprint density at radius 2 is 2.10 bits per heavy atom. The van der Waals surface area contributed by atoms with Crippen LogP contribution in [0.15, 0.2) is 24.3 Å². The molecule has 1 aliphatic carbocycles. The molecule has 3 nitrogen and oxygen atoms in total. The van der Waals surface area contributed by atoms with Gasteiger partial charge in [0.15, 0.2) is 0 Å². The summed E-state index contributed by atoms with van der Waals surface area (Å²) in [6.45, 7) is 3.06. The fourth-order valence-corrected chi connectivity index (χ4v) is 3.14. The van der Waals surface area contributed by atoms with Crippen molar-refractivity contribution in [1.29, 1.82) is 5.26 Å². The second kappa shape index (κ2) is 8.81. The number of nitriles is 1. The van der Waals surface area contributed by atoms with E-state index in [2.05, 4.69) is 29.4 Å². The number of rotatable bonds is 7. The molecule has 0 amide bonds. The minimum atomic E-state index is 0.742. The van der Waals surface area contributed by atoms with Crippen LogP contribution in [0.4, 0.5) is 0 Å². The molecule has 0 saturated heterocycles. The van der Waals surface area contributed by atoms with Crippen molar-refractivity contribution in [2.45, 2.75) is 51.1 Å². The summed E-state index contributed by atoms with van der Waals surface area (Å²) in [7, 11) is 2.27. The molecular formula is C18H27N3. The number of nitrogens with one attached hydrogen (secondary N) is 1. The van der Waals surface area contributed by atoms with Gasteiger partial charge in [-0.25, -0.2) is 0 Å². The Balaban J connectivity index is 1.60. The molecule has 1 saturated carbocycles. The Labute approximate surface area is 129 Å². The van der Waals surface area contributed by atoms with Crippen LogP contribution in [0.25, 0.3) is 0 Å². The Morgan fingerprint density at radius 1 is 1.29 bits per heavy atom. The van der Waals surface area contributed by atoms with Crippen molar-refractivity contribution in [3.05, 3.63) is 35.4 Å². The van der Waals surface area contributed by atoms with Crippen molar-refractivity contribution in [3.8, 4) is 6.07 Å². The Bertz CT molecular complexity index is 458. The standard InChI is InChI=1S/C18H27N3/c1-21(18-9-3-2-4-10-18)12-6-11-20-15-17-8-5-7-16(13-17)14-19/h5,7-8,13,18,20H,2-4,6,9-12,15H2,1H3. The van der Waals surface area contributed by atoms with Gasteiger partial charge in [0.05, 0.1) is 11.6 Å². The smallest absolute Gasteiger partial charge is 0.0991 e. The highest BCUT2D eigenvalue weighted by Crippen LogP contribution is 2.21. The van der Waals surface area contributed by atoms with E-state index in [0.717, 1.165) is 24.7 Å². The molecule has 0 bridgehead atoms. The Kier molecular flexibility index (Phi) is 6.72. The molecule has 0 aliphatic heterocycles. The molecule has 2 rings (SSSR count). The third-order valence-corrected chi connectivity index (χ3v) is 4.45. The molecule has 1 aliphatic rings. The van der Waals surface area contributed by atoms with Gasteiger partial charge < -0.3 is 10.2 Å². The molecule has 0 aromatic heterocycles. The van der Waals surface area contributed by atoms with Crippen molar-refractivity contribution in [3.63, 3.8) is 0 Å². The van der Waals surface area contributed by atoms with E-state index in [-0.39, 0.29) is 0 Å². The molecule has 1 N–H and O–H groups in total. The first-order valence-corrected chi connectivity index (χ1v) is 8.19. The number of benzene rings is 1. The molecule has 0 radical (unpaired) electrons. The van der Waals surface area contributed by atoms with E-state index in [1.165, 1.54) is 50.6 Å². The predicted octanol–water partition coefficient (Wildman–Crippen LogP) is 3.30. The lowest BCUT2D eigenvalue weighted by atomic mass is 9.94. The van der Waals surface area contributed by atoms with Crippen LogP contribution in [0.1, 0.15) is 49.7 Å². The molecule has 114 valence electrons. The van der Waals surface area contributed by atoms with Gasteiger partial charge >= 0.3 is 0 Å². The molecule has 1 aromatic carbocycles. The monoisotopic (exact) mass is 285 g/mol. The third-order valence-electron chi connectivity index (χ3n) is 4.45. The first-order valence-electron chi connectivity index (χ1n) is 8.19. The summed E-state index contributed by atoms with van der Waals surface area (Å²) >= 11 is 0. The fraction of sp³-hybridized carbons (Fsp3) is 0.611. The van der Waals surface area contributed by atoms with Crippen LogP contribution >= 0.6 is 0 Å². The molecule has 0 spiro atoms. The van der Waals surface area contributed by atoms with E-state index in [4.69, 9.17) is 5.26 Å². The van der Waals surface area contributed by atoms with Gasteiger partial charge in [-0.2, -0.15) is 5.26 Å². The molecule has 0 unspecified atom stereocenters. The number of nitrogens with zero attached hydrogens (tertiary/aromatic N) is 2. The van der Waals surface area contributed by atoms with Crippen LogP contribution in [0.5, 0.6) is 0 Å². The zero-order chi connectivity index (χ0) is 14.9. The van der Waals surface area contributed by atoms with Crippen molar-refractivity contribution in [2.75, 3.05) is 20.1 Å². The molecule has 21 heavy (non-hydrogen) atoms. The van der Waals surface area contributed by atoms with Gasteiger partial charge in [0, 0.05) is 12.6 Å². The zero-order valence-electron chi connectivity index (χ0n) is 13.1. The second-order valence-corrected chi connectivity index (χ2v) is 6.11. The van der Waals surface area contributed by atoms with Crippen molar-refractivity contribution >= 4 is 0 Å². The molecule has 3 heteroatoms. The van der Waals surface area contributed by atoms with Gasteiger partial charge in [0.25, 0.3) is 0 Å². The maximum absolute atomic E-state index is 8.88. The minimum Gasteiger partial charge on any atom is -0.313 e. The van der Waals surface area contributed by atoms with Crippen molar-refractivity contribution in [2.24, 2.45) is 0 Å². The summed E-state index contributed by atoms with van der Waals surface area (Å²) in [5.41, 5.74) is 1.93. The normalized spacial score (nSPS) is 16.0. The first kappa shape index (κ1) is 16.0. The van der Waals surface area contributed by atoms with Crippen LogP contribution < -0.4 is 5.32 Å².